The smallest absolute Gasteiger partial charge is 0.222 e. The van der Waals surface area contributed by atoms with E-state index in [2.05, 4.69) is 41.8 Å². The molecule has 1 saturated heterocycles. The SMILES string of the molecule is CNc1ncnc(NC2CNC(=O)C2)c1Br. The van der Waals surface area contributed by atoms with Gasteiger partial charge in [-0.05, 0) is 15.9 Å². The van der Waals surface area contributed by atoms with Gasteiger partial charge in [0.15, 0.2) is 0 Å². The fourth-order valence-electron chi connectivity index (χ4n) is 1.55. The molecule has 2 rings (SSSR count). The van der Waals surface area contributed by atoms with Crippen LogP contribution in [0.4, 0.5) is 11.6 Å². The van der Waals surface area contributed by atoms with Crippen molar-refractivity contribution in [3.8, 4) is 0 Å². The van der Waals surface area contributed by atoms with Gasteiger partial charge in [0.1, 0.15) is 22.4 Å². The average molecular weight is 286 g/mol. The number of halogens is 1. The van der Waals surface area contributed by atoms with Crippen molar-refractivity contribution in [3.63, 3.8) is 0 Å². The van der Waals surface area contributed by atoms with Crippen LogP contribution >= 0.6 is 15.9 Å². The van der Waals surface area contributed by atoms with Crippen molar-refractivity contribution >= 4 is 33.5 Å². The summed E-state index contributed by atoms with van der Waals surface area (Å²) in [5, 5.41) is 8.90. The summed E-state index contributed by atoms with van der Waals surface area (Å²) in [4.78, 5) is 19.2. The lowest BCUT2D eigenvalue weighted by Gasteiger charge is -2.13. The predicted molar refractivity (Wildman–Crippen MR) is 64.3 cm³/mol. The highest BCUT2D eigenvalue weighted by molar-refractivity contribution is 9.10. The first-order valence-corrected chi connectivity index (χ1v) is 5.71. The molecule has 0 spiro atoms. The van der Waals surface area contributed by atoms with Crippen molar-refractivity contribution in [1.29, 1.82) is 0 Å². The minimum absolute atomic E-state index is 0.0662. The fourth-order valence-corrected chi connectivity index (χ4v) is 2.06. The Morgan fingerprint density at radius 1 is 1.50 bits per heavy atom. The summed E-state index contributed by atoms with van der Waals surface area (Å²) in [6, 6.07) is 0.0865. The second kappa shape index (κ2) is 4.65. The molecular weight excluding hydrogens is 274 g/mol. The van der Waals surface area contributed by atoms with Crippen LogP contribution in [-0.4, -0.2) is 35.5 Å². The van der Waals surface area contributed by atoms with E-state index in [-0.39, 0.29) is 11.9 Å². The third kappa shape index (κ3) is 2.24. The monoisotopic (exact) mass is 285 g/mol. The van der Waals surface area contributed by atoms with Crippen LogP contribution < -0.4 is 16.0 Å². The highest BCUT2D eigenvalue weighted by Gasteiger charge is 2.22. The van der Waals surface area contributed by atoms with Crippen LogP contribution in [0.2, 0.25) is 0 Å². The van der Waals surface area contributed by atoms with Crippen LogP contribution in [-0.2, 0) is 4.79 Å². The molecular formula is C9H12BrN5O. The van der Waals surface area contributed by atoms with Crippen molar-refractivity contribution in [3.05, 3.63) is 10.8 Å². The molecule has 0 radical (unpaired) electrons. The molecule has 86 valence electrons. The number of rotatable bonds is 3. The number of amides is 1. The van der Waals surface area contributed by atoms with E-state index in [1.54, 1.807) is 7.05 Å². The molecule has 1 atom stereocenters. The van der Waals surface area contributed by atoms with Gasteiger partial charge in [0.2, 0.25) is 5.91 Å². The lowest BCUT2D eigenvalue weighted by Crippen LogP contribution is -2.23. The van der Waals surface area contributed by atoms with Gasteiger partial charge in [-0.25, -0.2) is 9.97 Å². The van der Waals surface area contributed by atoms with Gasteiger partial charge in [-0.15, -0.1) is 0 Å². The van der Waals surface area contributed by atoms with Gasteiger partial charge >= 0.3 is 0 Å². The topological polar surface area (TPSA) is 78.9 Å². The molecule has 0 saturated carbocycles. The zero-order valence-corrected chi connectivity index (χ0v) is 10.3. The second-order valence-corrected chi connectivity index (χ2v) is 4.28. The molecule has 1 unspecified atom stereocenters. The summed E-state index contributed by atoms with van der Waals surface area (Å²) in [6.07, 6.45) is 1.95. The molecule has 2 heterocycles. The number of nitrogens with zero attached hydrogens (tertiary/aromatic N) is 2. The molecule has 0 aliphatic carbocycles. The van der Waals surface area contributed by atoms with Gasteiger partial charge < -0.3 is 16.0 Å². The van der Waals surface area contributed by atoms with E-state index >= 15 is 0 Å². The zero-order valence-electron chi connectivity index (χ0n) is 8.75. The van der Waals surface area contributed by atoms with Gasteiger partial charge in [-0.3, -0.25) is 4.79 Å². The van der Waals surface area contributed by atoms with E-state index in [4.69, 9.17) is 0 Å². The van der Waals surface area contributed by atoms with Crippen molar-refractivity contribution in [2.24, 2.45) is 0 Å². The molecule has 6 nitrogen and oxygen atoms in total. The Morgan fingerprint density at radius 2 is 2.25 bits per heavy atom. The lowest BCUT2D eigenvalue weighted by molar-refractivity contribution is -0.119. The molecule has 1 aromatic heterocycles. The van der Waals surface area contributed by atoms with Crippen LogP contribution in [0.3, 0.4) is 0 Å². The molecule has 1 aromatic rings. The number of hydrogen-bond donors (Lipinski definition) is 3. The molecule has 1 aliphatic heterocycles. The van der Waals surface area contributed by atoms with E-state index in [1.165, 1.54) is 6.33 Å². The third-order valence-corrected chi connectivity index (χ3v) is 3.10. The van der Waals surface area contributed by atoms with Gasteiger partial charge in [-0.1, -0.05) is 0 Å². The summed E-state index contributed by atoms with van der Waals surface area (Å²) in [6.45, 7) is 0.629. The maximum absolute atomic E-state index is 11.0. The molecule has 0 aromatic carbocycles. The first kappa shape index (κ1) is 11.1. The molecule has 16 heavy (non-hydrogen) atoms. The molecule has 0 bridgehead atoms. The molecule has 1 fully saturated rings. The summed E-state index contributed by atoms with van der Waals surface area (Å²) in [7, 11) is 1.79. The first-order valence-electron chi connectivity index (χ1n) is 4.92. The van der Waals surface area contributed by atoms with E-state index < -0.39 is 0 Å². The Bertz CT molecular complexity index is 411. The Balaban J connectivity index is 2.12. The molecule has 1 aliphatic rings. The fraction of sp³-hybridized carbons (Fsp3) is 0.444. The Hall–Kier alpha value is -1.37. The van der Waals surface area contributed by atoms with E-state index in [1.807, 2.05) is 0 Å². The Morgan fingerprint density at radius 3 is 2.88 bits per heavy atom. The number of carbonyl (C=O) groups excluding carboxylic acids is 1. The van der Waals surface area contributed by atoms with Crippen molar-refractivity contribution in [1.82, 2.24) is 15.3 Å². The van der Waals surface area contributed by atoms with Crippen molar-refractivity contribution in [2.75, 3.05) is 24.2 Å². The number of anilines is 2. The first-order chi connectivity index (χ1) is 7.70. The summed E-state index contributed by atoms with van der Waals surface area (Å²) >= 11 is 3.41. The van der Waals surface area contributed by atoms with Gasteiger partial charge in [0.05, 0.1) is 6.04 Å². The van der Waals surface area contributed by atoms with E-state index in [0.717, 1.165) is 10.3 Å². The maximum atomic E-state index is 11.0. The summed E-state index contributed by atoms with van der Waals surface area (Å²) < 4.78 is 0.775. The second-order valence-electron chi connectivity index (χ2n) is 3.48. The Kier molecular flexibility index (Phi) is 3.23. The standard InChI is InChI=1S/C9H12BrN5O/c1-11-8-7(10)9(14-4-13-8)15-5-2-6(16)12-3-5/h4-5H,2-3H2,1H3,(H,12,16)(H2,11,13,14,15). The average Bonchev–Trinajstić information content (AvgIpc) is 2.67. The number of carbonyl (C=O) groups is 1. The normalized spacial score (nSPS) is 19.4. The summed E-state index contributed by atoms with van der Waals surface area (Å²) in [5.41, 5.74) is 0. The zero-order chi connectivity index (χ0) is 11.5. The van der Waals surface area contributed by atoms with E-state index in [9.17, 15) is 4.79 Å². The van der Waals surface area contributed by atoms with Crippen LogP contribution in [0.5, 0.6) is 0 Å². The maximum Gasteiger partial charge on any atom is 0.222 e. The highest BCUT2D eigenvalue weighted by Crippen LogP contribution is 2.26. The predicted octanol–water partition coefficient (Wildman–Crippen LogP) is 0.581. The van der Waals surface area contributed by atoms with Gasteiger partial charge in [0, 0.05) is 20.0 Å². The Labute approximate surface area is 101 Å². The number of aromatic nitrogens is 2. The third-order valence-electron chi connectivity index (χ3n) is 2.34. The molecule has 1 amide bonds. The van der Waals surface area contributed by atoms with Crippen LogP contribution in [0.1, 0.15) is 6.42 Å². The minimum Gasteiger partial charge on any atom is -0.372 e. The van der Waals surface area contributed by atoms with Gasteiger partial charge in [-0.2, -0.15) is 0 Å². The molecule has 3 N–H and O–H groups in total. The van der Waals surface area contributed by atoms with Gasteiger partial charge in [0.25, 0.3) is 0 Å². The summed E-state index contributed by atoms with van der Waals surface area (Å²) in [5.74, 6) is 1.48. The molecule has 7 heteroatoms. The lowest BCUT2D eigenvalue weighted by atomic mass is 10.2. The van der Waals surface area contributed by atoms with Crippen LogP contribution in [0.15, 0.2) is 10.8 Å². The van der Waals surface area contributed by atoms with Crippen LogP contribution in [0, 0.1) is 0 Å². The quantitative estimate of drug-likeness (QED) is 0.757. The minimum atomic E-state index is 0.0662. The van der Waals surface area contributed by atoms with Crippen molar-refractivity contribution in [2.45, 2.75) is 12.5 Å². The largest absolute Gasteiger partial charge is 0.372 e. The van der Waals surface area contributed by atoms with Crippen molar-refractivity contribution < 1.29 is 4.79 Å². The van der Waals surface area contributed by atoms with E-state index in [0.29, 0.717) is 18.8 Å². The number of nitrogens with one attached hydrogen (secondary N) is 3. The number of hydrogen-bond acceptors (Lipinski definition) is 5. The highest BCUT2D eigenvalue weighted by atomic mass is 79.9. The van der Waals surface area contributed by atoms with Crippen LogP contribution in [0.25, 0.3) is 0 Å².